The van der Waals surface area contributed by atoms with Crippen molar-refractivity contribution < 1.29 is 9.53 Å². The van der Waals surface area contributed by atoms with Crippen molar-refractivity contribution in [2.45, 2.75) is 28.8 Å². The van der Waals surface area contributed by atoms with Gasteiger partial charge in [0.25, 0.3) is 0 Å². The number of benzene rings is 2. The minimum absolute atomic E-state index is 0.0335. The van der Waals surface area contributed by atoms with Crippen molar-refractivity contribution in [1.29, 1.82) is 0 Å². The zero-order chi connectivity index (χ0) is 19.8. The van der Waals surface area contributed by atoms with Crippen LogP contribution in [0.15, 0.2) is 75.9 Å². The van der Waals surface area contributed by atoms with Gasteiger partial charge in [0, 0.05) is 27.9 Å². The van der Waals surface area contributed by atoms with Gasteiger partial charge in [0.05, 0.1) is 12.4 Å². The van der Waals surface area contributed by atoms with Crippen LogP contribution in [0.1, 0.15) is 12.5 Å². The van der Waals surface area contributed by atoms with E-state index in [2.05, 4.69) is 15.3 Å². The van der Waals surface area contributed by atoms with Crippen molar-refractivity contribution in [2.75, 3.05) is 17.7 Å². The molecule has 0 radical (unpaired) electrons. The Hall–Kier alpha value is -2.51. The number of nitrogens with one attached hydrogen (secondary N) is 1. The number of carbonyl (C=O) groups is 1. The average molecular weight is 412 g/mol. The predicted octanol–water partition coefficient (Wildman–Crippen LogP) is 5.07. The van der Waals surface area contributed by atoms with Crippen LogP contribution in [0.25, 0.3) is 0 Å². The normalized spacial score (nSPS) is 10.5. The van der Waals surface area contributed by atoms with E-state index in [9.17, 15) is 4.79 Å². The first-order valence-corrected chi connectivity index (χ1v) is 10.7. The Bertz CT molecular complexity index is 919. The molecule has 0 saturated heterocycles. The van der Waals surface area contributed by atoms with Crippen LogP contribution in [-0.4, -0.2) is 28.2 Å². The van der Waals surface area contributed by atoms with Gasteiger partial charge in [0.1, 0.15) is 5.75 Å². The zero-order valence-corrected chi connectivity index (χ0v) is 17.3. The molecule has 1 heterocycles. The minimum Gasteiger partial charge on any atom is -0.494 e. The molecule has 1 N–H and O–H groups in total. The van der Waals surface area contributed by atoms with Crippen LogP contribution >= 0.6 is 23.5 Å². The first kappa shape index (κ1) is 20.2. The fourth-order valence-electron chi connectivity index (χ4n) is 2.42. The summed E-state index contributed by atoms with van der Waals surface area (Å²) in [4.78, 5) is 22.8. The monoisotopic (exact) mass is 411 g/mol. The van der Waals surface area contributed by atoms with Crippen molar-refractivity contribution in [3.8, 4) is 5.75 Å². The largest absolute Gasteiger partial charge is 0.494 e. The van der Waals surface area contributed by atoms with Gasteiger partial charge in [-0.2, -0.15) is 0 Å². The van der Waals surface area contributed by atoms with Crippen molar-refractivity contribution in [3.05, 3.63) is 66.5 Å². The maximum absolute atomic E-state index is 12.3. The number of thioether (sulfide) groups is 1. The molecule has 0 bridgehead atoms. The van der Waals surface area contributed by atoms with E-state index >= 15 is 0 Å². The summed E-state index contributed by atoms with van der Waals surface area (Å²) in [5.41, 5.74) is 1.82. The highest BCUT2D eigenvalue weighted by molar-refractivity contribution is 8.00. The Kier molecular flexibility index (Phi) is 7.33. The lowest BCUT2D eigenvalue weighted by atomic mass is 10.2. The fraction of sp³-hybridized carbons (Fsp3) is 0.190. The number of aromatic nitrogens is 2. The lowest BCUT2D eigenvalue weighted by Gasteiger charge is -2.10. The third kappa shape index (κ3) is 6.00. The fourth-order valence-corrected chi connectivity index (χ4v) is 3.93. The van der Waals surface area contributed by atoms with Crippen LogP contribution in [0.5, 0.6) is 5.75 Å². The molecule has 0 saturated carbocycles. The second-order valence-electron chi connectivity index (χ2n) is 5.85. The van der Waals surface area contributed by atoms with Gasteiger partial charge < -0.3 is 10.1 Å². The van der Waals surface area contributed by atoms with E-state index in [0.29, 0.717) is 17.5 Å². The summed E-state index contributed by atoms with van der Waals surface area (Å²) in [6.07, 6.45) is 3.44. The minimum atomic E-state index is -0.0335. The summed E-state index contributed by atoms with van der Waals surface area (Å²) in [6, 6.07) is 15.5. The van der Waals surface area contributed by atoms with Crippen LogP contribution in [-0.2, 0) is 4.79 Å². The molecule has 0 spiro atoms. The van der Waals surface area contributed by atoms with Gasteiger partial charge in [0.15, 0.2) is 5.16 Å². The van der Waals surface area contributed by atoms with E-state index < -0.39 is 0 Å². The summed E-state index contributed by atoms with van der Waals surface area (Å²) in [5, 5.41) is 3.68. The van der Waals surface area contributed by atoms with Crippen molar-refractivity contribution in [3.63, 3.8) is 0 Å². The van der Waals surface area contributed by atoms with Gasteiger partial charge in [-0.15, -0.1) is 11.8 Å². The third-order valence-electron chi connectivity index (χ3n) is 3.73. The van der Waals surface area contributed by atoms with Crippen LogP contribution in [0.2, 0.25) is 0 Å². The molecule has 1 amide bonds. The van der Waals surface area contributed by atoms with Crippen molar-refractivity contribution in [1.82, 2.24) is 9.97 Å². The second-order valence-corrected chi connectivity index (χ2v) is 7.94. The Morgan fingerprint density at radius 2 is 1.79 bits per heavy atom. The Morgan fingerprint density at radius 1 is 1.07 bits per heavy atom. The maximum atomic E-state index is 12.3. The predicted molar refractivity (Wildman–Crippen MR) is 114 cm³/mol. The Labute approximate surface area is 173 Å². The van der Waals surface area contributed by atoms with Crippen LogP contribution in [0.4, 0.5) is 5.69 Å². The molecule has 7 heteroatoms. The first-order chi connectivity index (χ1) is 13.6. The molecule has 0 atom stereocenters. The number of ether oxygens (including phenoxy) is 1. The van der Waals surface area contributed by atoms with E-state index in [4.69, 9.17) is 4.74 Å². The van der Waals surface area contributed by atoms with Crippen LogP contribution < -0.4 is 10.1 Å². The topological polar surface area (TPSA) is 64.1 Å². The van der Waals surface area contributed by atoms with Gasteiger partial charge in [-0.1, -0.05) is 0 Å². The van der Waals surface area contributed by atoms with Crippen LogP contribution in [0.3, 0.4) is 0 Å². The van der Waals surface area contributed by atoms with Crippen LogP contribution in [0, 0.1) is 6.92 Å². The summed E-state index contributed by atoms with van der Waals surface area (Å²) in [5.74, 6) is 1.15. The van der Waals surface area contributed by atoms with E-state index in [1.165, 1.54) is 23.5 Å². The zero-order valence-electron chi connectivity index (χ0n) is 15.7. The quantitative estimate of drug-likeness (QED) is 0.413. The molecule has 0 aliphatic rings. The number of amides is 1. The van der Waals surface area contributed by atoms with Crippen molar-refractivity contribution >= 4 is 35.1 Å². The molecule has 5 nitrogen and oxygen atoms in total. The third-order valence-corrected chi connectivity index (χ3v) is 5.62. The number of nitrogens with zero attached hydrogens (tertiary/aromatic N) is 2. The lowest BCUT2D eigenvalue weighted by Crippen LogP contribution is -2.14. The summed E-state index contributed by atoms with van der Waals surface area (Å²) < 4.78 is 5.43. The number of anilines is 1. The highest BCUT2D eigenvalue weighted by Crippen LogP contribution is 2.28. The molecule has 3 rings (SSSR count). The van der Waals surface area contributed by atoms with E-state index in [0.717, 1.165) is 26.8 Å². The Morgan fingerprint density at radius 3 is 2.46 bits per heavy atom. The highest BCUT2D eigenvalue weighted by Gasteiger charge is 2.08. The number of aryl methyl sites for hydroxylation is 1. The van der Waals surface area contributed by atoms with Gasteiger partial charge in [-0.25, -0.2) is 9.97 Å². The number of hydrogen-bond acceptors (Lipinski definition) is 6. The van der Waals surface area contributed by atoms with E-state index in [1.54, 1.807) is 18.5 Å². The molecular formula is C21H21N3O2S2. The average Bonchev–Trinajstić information content (AvgIpc) is 2.71. The molecule has 0 aliphatic heterocycles. The van der Waals surface area contributed by atoms with E-state index in [-0.39, 0.29) is 5.91 Å². The maximum Gasteiger partial charge on any atom is 0.234 e. The van der Waals surface area contributed by atoms with Gasteiger partial charge in [-0.3, -0.25) is 4.79 Å². The summed E-state index contributed by atoms with van der Waals surface area (Å²) >= 11 is 2.99. The molecule has 0 fully saturated rings. The first-order valence-electron chi connectivity index (χ1n) is 8.85. The molecule has 0 unspecified atom stereocenters. The lowest BCUT2D eigenvalue weighted by molar-refractivity contribution is -0.113. The highest BCUT2D eigenvalue weighted by atomic mass is 32.2. The molecule has 3 aromatic rings. The number of carbonyl (C=O) groups excluding carboxylic acids is 1. The molecule has 28 heavy (non-hydrogen) atoms. The summed E-state index contributed by atoms with van der Waals surface area (Å²) in [6.45, 7) is 4.57. The number of rotatable bonds is 8. The van der Waals surface area contributed by atoms with E-state index in [1.807, 2.05) is 56.3 Å². The SMILES string of the molecule is CCOc1ccc(SCC(=O)Nc2ccc(Sc3ncccn3)cc2C)cc1. The van der Waals surface area contributed by atoms with Crippen molar-refractivity contribution in [2.24, 2.45) is 0 Å². The number of hydrogen-bond donors (Lipinski definition) is 1. The Balaban J connectivity index is 1.53. The molecule has 0 aliphatic carbocycles. The summed E-state index contributed by atoms with van der Waals surface area (Å²) in [7, 11) is 0. The second kappa shape index (κ2) is 10.1. The smallest absolute Gasteiger partial charge is 0.234 e. The molecule has 2 aromatic carbocycles. The van der Waals surface area contributed by atoms with Gasteiger partial charge >= 0.3 is 0 Å². The van der Waals surface area contributed by atoms with Gasteiger partial charge in [-0.05, 0) is 79.7 Å². The van der Waals surface area contributed by atoms with Gasteiger partial charge in [0.2, 0.25) is 5.91 Å². The standard InChI is InChI=1S/C21H21N3O2S2/c1-3-26-16-5-7-17(8-6-16)27-14-20(25)24-19-10-9-18(13-15(19)2)28-21-22-11-4-12-23-21/h4-13H,3,14H2,1-2H3,(H,24,25). The molecule has 144 valence electrons. The molecular weight excluding hydrogens is 390 g/mol. The molecule has 1 aromatic heterocycles.